The Morgan fingerprint density at radius 2 is 0.792 bits per heavy atom. The Bertz CT molecular complexity index is 2620. The summed E-state index contributed by atoms with van der Waals surface area (Å²) in [5.41, 5.74) is 12.8. The summed E-state index contributed by atoms with van der Waals surface area (Å²) in [5, 5.41) is 38.0. The van der Waals surface area contributed by atoms with Gasteiger partial charge in [0.1, 0.15) is 22.9 Å². The number of phenols is 2. The molecule has 0 aliphatic heterocycles. The Labute approximate surface area is 346 Å². The Morgan fingerprint density at radius 3 is 1.11 bits per heavy atom. The van der Waals surface area contributed by atoms with Crippen LogP contribution in [0.15, 0.2) is 137 Å². The molecule has 264 valence electrons. The van der Waals surface area contributed by atoms with E-state index in [4.69, 9.17) is 11.5 Å². The first kappa shape index (κ1) is 41.8. The molecule has 0 saturated carbocycles. The fourth-order valence-electron chi connectivity index (χ4n) is 5.08. The summed E-state index contributed by atoms with van der Waals surface area (Å²) < 4.78 is 91.6. The summed E-state index contributed by atoms with van der Waals surface area (Å²) in [6.45, 7) is 0. The van der Waals surface area contributed by atoms with Crippen molar-refractivity contribution >= 4 is 145 Å². The molecule has 0 aromatic heterocycles. The Kier molecular flexibility index (Phi) is 12.4. The number of rotatable bonds is 8. The normalized spacial score (nSPS) is 12.3. The quantitative estimate of drug-likeness (QED) is 0.0487. The van der Waals surface area contributed by atoms with Gasteiger partial charge in [0.15, 0.2) is 0 Å². The molecule has 0 saturated heterocycles. The minimum absolute atomic E-state index is 0. The van der Waals surface area contributed by atoms with E-state index in [-0.39, 0.29) is 125 Å². The molecule has 0 bridgehead atoms. The van der Waals surface area contributed by atoms with Gasteiger partial charge in [0.2, 0.25) is 9.84 Å². The fraction of sp³-hybridized carbons (Fsp3) is 0. The number of nitrogens with two attached hydrogens (primary N) is 2. The van der Waals surface area contributed by atoms with E-state index in [1.165, 1.54) is 72.8 Å². The summed E-state index contributed by atoms with van der Waals surface area (Å²) in [6, 6.07) is 20.5. The zero-order valence-corrected chi connectivity index (χ0v) is 28.1. The third-order valence-corrected chi connectivity index (χ3v) is 11.0. The first-order valence-electron chi connectivity index (χ1n) is 14.3. The first-order valence-corrected chi connectivity index (χ1v) is 18.6. The molecule has 0 unspecified atom stereocenters. The van der Waals surface area contributed by atoms with Gasteiger partial charge in [-0.05, 0) is 83.6 Å². The predicted molar refractivity (Wildman–Crippen MR) is 201 cm³/mol. The number of nitrogen functional groups attached to an aromatic ring is 2. The Balaban J connectivity index is 0.00000314. The van der Waals surface area contributed by atoms with Crippen molar-refractivity contribution in [1.82, 2.24) is 0 Å². The van der Waals surface area contributed by atoms with E-state index in [2.05, 4.69) is 20.5 Å². The molecule has 0 fully saturated rings. The SMILES string of the molecule is Nc1ccc2cc(S(=O)(=O)O)cc(O)c2c1/N=N/c1ccc(S(=O)(=O)c2ccc(/N=N/c3c(N)ccc4cc(S(=O)(=O)O)cc(O)c34)cc2)cc1.[NaH].[NaH]. The van der Waals surface area contributed by atoms with Gasteiger partial charge in [-0.1, -0.05) is 12.1 Å². The van der Waals surface area contributed by atoms with Crippen LogP contribution in [0, 0.1) is 0 Å². The Hall–Kier alpha value is -3.99. The molecule has 0 spiro atoms. The second-order valence-corrected chi connectivity index (χ2v) is 15.7. The molecule has 8 N–H and O–H groups in total. The van der Waals surface area contributed by atoms with Gasteiger partial charge in [0, 0.05) is 12.1 Å². The number of anilines is 2. The van der Waals surface area contributed by atoms with E-state index < -0.39 is 51.4 Å². The van der Waals surface area contributed by atoms with Gasteiger partial charge in [-0.15, -0.1) is 10.2 Å². The van der Waals surface area contributed by atoms with Gasteiger partial charge in [0.05, 0.1) is 53.1 Å². The molecular weight excluding hydrogens is 771 g/mol. The van der Waals surface area contributed by atoms with E-state index in [9.17, 15) is 44.6 Å². The van der Waals surface area contributed by atoms with Gasteiger partial charge >= 0.3 is 59.1 Å². The van der Waals surface area contributed by atoms with Crippen molar-refractivity contribution in [3.63, 3.8) is 0 Å². The number of hydrogen-bond acceptors (Lipinski definition) is 14. The third-order valence-electron chi connectivity index (χ3n) is 7.57. The van der Waals surface area contributed by atoms with Gasteiger partial charge in [-0.2, -0.15) is 27.1 Å². The van der Waals surface area contributed by atoms with E-state index in [0.29, 0.717) is 0 Å². The van der Waals surface area contributed by atoms with Crippen molar-refractivity contribution in [2.75, 3.05) is 11.5 Å². The van der Waals surface area contributed by atoms with Crippen LogP contribution in [0.5, 0.6) is 11.5 Å². The second-order valence-electron chi connectivity index (χ2n) is 10.9. The molecule has 53 heavy (non-hydrogen) atoms. The molecule has 21 heteroatoms. The Morgan fingerprint density at radius 1 is 0.453 bits per heavy atom. The monoisotopic (exact) mass is 796 g/mol. The zero-order chi connectivity index (χ0) is 36.9. The van der Waals surface area contributed by atoms with E-state index >= 15 is 0 Å². The zero-order valence-electron chi connectivity index (χ0n) is 25.6. The van der Waals surface area contributed by atoms with Crippen molar-refractivity contribution in [1.29, 1.82) is 0 Å². The minimum atomic E-state index is -4.60. The molecule has 0 aliphatic carbocycles. The molecule has 16 nitrogen and oxygen atoms in total. The summed E-state index contributed by atoms with van der Waals surface area (Å²) >= 11 is 0. The van der Waals surface area contributed by atoms with Crippen LogP contribution in [0.25, 0.3) is 21.5 Å². The molecule has 6 aromatic carbocycles. The average Bonchev–Trinajstić information content (AvgIpc) is 3.07. The van der Waals surface area contributed by atoms with Crippen molar-refractivity contribution < 1.29 is 44.6 Å². The van der Waals surface area contributed by atoms with Crippen LogP contribution in [-0.4, -0.2) is 104 Å². The molecular formula is C32H26N6Na2O10S3. The maximum atomic E-state index is 13.4. The molecule has 6 aromatic rings. The van der Waals surface area contributed by atoms with Crippen LogP contribution in [0.2, 0.25) is 0 Å². The topological polar surface area (TPSA) is 285 Å². The van der Waals surface area contributed by atoms with Crippen LogP contribution in [0.4, 0.5) is 34.1 Å². The first-order chi connectivity index (χ1) is 23.9. The average molecular weight is 797 g/mol. The molecule has 0 atom stereocenters. The van der Waals surface area contributed by atoms with Crippen molar-refractivity contribution in [3.05, 3.63) is 97.1 Å². The number of azo groups is 2. The predicted octanol–water partition coefficient (Wildman–Crippen LogP) is 5.43. The van der Waals surface area contributed by atoms with Crippen molar-refractivity contribution in [2.24, 2.45) is 20.5 Å². The number of nitrogens with zero attached hydrogens (tertiary/aromatic N) is 4. The summed E-state index contributed by atoms with van der Waals surface area (Å²) in [7, 11) is -13.2. The number of phenolic OH excluding ortho intramolecular Hbond substituents is 2. The van der Waals surface area contributed by atoms with Crippen LogP contribution < -0.4 is 11.5 Å². The van der Waals surface area contributed by atoms with Crippen LogP contribution >= 0.6 is 0 Å². The summed E-state index contributed by atoms with van der Waals surface area (Å²) in [4.78, 5) is -1.19. The number of sulfone groups is 1. The van der Waals surface area contributed by atoms with E-state index in [1.54, 1.807) is 0 Å². The molecule has 0 aliphatic rings. The van der Waals surface area contributed by atoms with Crippen molar-refractivity contribution in [3.8, 4) is 11.5 Å². The van der Waals surface area contributed by atoms with Gasteiger partial charge in [-0.3, -0.25) is 9.11 Å². The van der Waals surface area contributed by atoms with Gasteiger partial charge in [-0.25, -0.2) is 8.42 Å². The van der Waals surface area contributed by atoms with Gasteiger partial charge in [0.25, 0.3) is 20.2 Å². The molecule has 0 amide bonds. The molecule has 6 rings (SSSR count). The molecule has 0 radical (unpaired) electrons. The number of aromatic hydroxyl groups is 2. The van der Waals surface area contributed by atoms with Crippen LogP contribution in [0.3, 0.4) is 0 Å². The van der Waals surface area contributed by atoms with Crippen LogP contribution in [-0.2, 0) is 30.1 Å². The van der Waals surface area contributed by atoms with E-state index in [0.717, 1.165) is 24.3 Å². The van der Waals surface area contributed by atoms with E-state index in [1.807, 2.05) is 0 Å². The van der Waals surface area contributed by atoms with Crippen molar-refractivity contribution in [2.45, 2.75) is 19.6 Å². The molecule has 0 heterocycles. The summed E-state index contributed by atoms with van der Waals surface area (Å²) in [5.74, 6) is -1.02. The fourth-order valence-corrected chi connectivity index (χ4v) is 7.41. The number of fused-ring (bicyclic) bond motifs is 2. The maximum absolute atomic E-state index is 13.4. The van der Waals surface area contributed by atoms with Gasteiger partial charge < -0.3 is 21.7 Å². The van der Waals surface area contributed by atoms with Crippen LogP contribution in [0.1, 0.15) is 0 Å². The summed E-state index contributed by atoms with van der Waals surface area (Å²) in [6.07, 6.45) is 0. The standard InChI is InChI=1S/C32H24N6O10S3.2Na.2H/c33-25-11-1-17-13-23(50(43,44)45)15-27(39)29(17)31(25)37-35-19-3-7-21(8-4-19)49(41,42)22-9-5-20(6-10-22)36-38-32-26(34)12-2-18-14-24(51(46,47)48)16-28(40)30(18)32;;;;/h1-16,39-40H,33-34H2,(H,43,44,45)(H,46,47,48);;;;/b37-35+,38-36+;;;;. The second kappa shape index (κ2) is 15.8. The third kappa shape index (κ3) is 8.71. The number of benzene rings is 6. The number of hydrogen-bond donors (Lipinski definition) is 6.